The summed E-state index contributed by atoms with van der Waals surface area (Å²) in [6.07, 6.45) is 1.41. The average Bonchev–Trinajstić information content (AvgIpc) is 2.06. The van der Waals surface area contributed by atoms with Gasteiger partial charge in [0.05, 0.1) is 0 Å². The van der Waals surface area contributed by atoms with Crippen molar-refractivity contribution in [1.29, 1.82) is 0 Å². The maximum Gasteiger partial charge on any atom is 0.237 e. The van der Waals surface area contributed by atoms with Gasteiger partial charge in [0, 0.05) is 19.2 Å². The van der Waals surface area contributed by atoms with Gasteiger partial charge in [0.2, 0.25) is 12.2 Å². The first-order valence-corrected chi connectivity index (χ1v) is 4.83. The molecule has 0 saturated carbocycles. The Bertz CT molecular complexity index is 240. The Balaban J connectivity index is 2.59. The Morgan fingerprint density at radius 1 is 1.36 bits per heavy atom. The van der Waals surface area contributed by atoms with Crippen LogP contribution in [0.25, 0.3) is 0 Å². The molecule has 0 aromatic carbocycles. The van der Waals surface area contributed by atoms with Crippen molar-refractivity contribution in [3.8, 4) is 5.88 Å². The Kier molecular flexibility index (Phi) is 3.86. The minimum absolute atomic E-state index is 0.340. The summed E-state index contributed by atoms with van der Waals surface area (Å²) < 4.78 is 17.2. The molecule has 0 aliphatic carbocycles. The van der Waals surface area contributed by atoms with Crippen LogP contribution in [0.15, 0.2) is 18.3 Å². The van der Waals surface area contributed by atoms with E-state index in [1.807, 2.05) is 6.07 Å². The van der Waals surface area contributed by atoms with Gasteiger partial charge in [0.25, 0.3) is 0 Å². The molecule has 1 heterocycles. The molecule has 1 aromatic heterocycles. The average molecular weight is 197 g/mol. The predicted octanol–water partition coefficient (Wildman–Crippen LogP) is 2.97. The van der Waals surface area contributed by atoms with E-state index in [9.17, 15) is 4.39 Å². The van der Waals surface area contributed by atoms with Gasteiger partial charge >= 0.3 is 0 Å². The lowest BCUT2D eigenvalue weighted by Gasteiger charge is -2.07. The molecule has 0 aliphatic rings. The SMILES string of the molecule is CC(C)Cc1ccc(OC(C)F)nc1. The standard InChI is InChI=1S/C11H16FNO/c1-8(2)6-10-4-5-11(13-7-10)14-9(3)12/h4-5,7-9H,6H2,1-3H3. The Labute approximate surface area is 84.1 Å². The molecular formula is C11H16FNO. The number of nitrogens with zero attached hydrogens (tertiary/aromatic N) is 1. The van der Waals surface area contributed by atoms with Gasteiger partial charge in [0.1, 0.15) is 0 Å². The van der Waals surface area contributed by atoms with Gasteiger partial charge < -0.3 is 4.74 Å². The first-order chi connectivity index (χ1) is 6.58. The Morgan fingerprint density at radius 2 is 2.07 bits per heavy atom. The summed E-state index contributed by atoms with van der Waals surface area (Å²) in [5, 5.41) is 0. The molecule has 2 nitrogen and oxygen atoms in total. The lowest BCUT2D eigenvalue weighted by Crippen LogP contribution is -2.05. The highest BCUT2D eigenvalue weighted by Crippen LogP contribution is 2.12. The third-order valence-corrected chi connectivity index (χ3v) is 1.72. The van der Waals surface area contributed by atoms with Crippen molar-refractivity contribution < 1.29 is 9.13 Å². The number of aromatic nitrogens is 1. The van der Waals surface area contributed by atoms with E-state index in [-0.39, 0.29) is 0 Å². The Hall–Kier alpha value is -1.12. The minimum atomic E-state index is -1.31. The van der Waals surface area contributed by atoms with Gasteiger partial charge in [0.15, 0.2) is 0 Å². The van der Waals surface area contributed by atoms with Gasteiger partial charge in [-0.05, 0) is 17.9 Å². The summed E-state index contributed by atoms with van der Waals surface area (Å²) >= 11 is 0. The summed E-state index contributed by atoms with van der Waals surface area (Å²) in [4.78, 5) is 4.01. The van der Waals surface area contributed by atoms with Gasteiger partial charge in [-0.25, -0.2) is 9.37 Å². The number of hydrogen-bond acceptors (Lipinski definition) is 2. The topological polar surface area (TPSA) is 22.1 Å². The van der Waals surface area contributed by atoms with Crippen LogP contribution in [0.3, 0.4) is 0 Å². The van der Waals surface area contributed by atoms with Gasteiger partial charge in [-0.2, -0.15) is 0 Å². The van der Waals surface area contributed by atoms with Crippen molar-refractivity contribution in [3.63, 3.8) is 0 Å². The molecule has 0 spiro atoms. The Morgan fingerprint density at radius 3 is 2.50 bits per heavy atom. The second-order valence-corrected chi connectivity index (χ2v) is 3.76. The number of pyridine rings is 1. The summed E-state index contributed by atoms with van der Waals surface area (Å²) in [7, 11) is 0. The highest BCUT2D eigenvalue weighted by atomic mass is 19.1. The molecule has 1 aromatic rings. The van der Waals surface area contributed by atoms with Gasteiger partial charge in [-0.1, -0.05) is 19.9 Å². The van der Waals surface area contributed by atoms with E-state index in [1.165, 1.54) is 6.92 Å². The van der Waals surface area contributed by atoms with E-state index in [1.54, 1.807) is 12.3 Å². The van der Waals surface area contributed by atoms with Crippen LogP contribution >= 0.6 is 0 Å². The fourth-order valence-corrected chi connectivity index (χ4v) is 1.24. The normalized spacial score (nSPS) is 12.9. The number of alkyl halides is 1. The summed E-state index contributed by atoms with van der Waals surface area (Å²) in [5.74, 6) is 0.941. The maximum absolute atomic E-state index is 12.4. The molecular weight excluding hydrogens is 181 g/mol. The lowest BCUT2D eigenvalue weighted by molar-refractivity contribution is 0.0809. The van der Waals surface area contributed by atoms with Crippen molar-refractivity contribution in [2.24, 2.45) is 5.92 Å². The molecule has 3 heteroatoms. The highest BCUT2D eigenvalue weighted by Gasteiger charge is 2.02. The zero-order valence-electron chi connectivity index (χ0n) is 8.83. The van der Waals surface area contributed by atoms with Gasteiger partial charge in [-0.15, -0.1) is 0 Å². The first kappa shape index (κ1) is 11.0. The molecule has 0 N–H and O–H groups in total. The molecule has 0 saturated heterocycles. The molecule has 14 heavy (non-hydrogen) atoms. The molecule has 0 fully saturated rings. The number of rotatable bonds is 4. The molecule has 1 atom stereocenters. The molecule has 1 rings (SSSR count). The van der Waals surface area contributed by atoms with E-state index in [0.717, 1.165) is 12.0 Å². The maximum atomic E-state index is 12.4. The predicted molar refractivity (Wildman–Crippen MR) is 54.0 cm³/mol. The van der Waals surface area contributed by atoms with E-state index in [4.69, 9.17) is 4.74 Å². The van der Waals surface area contributed by atoms with E-state index in [2.05, 4.69) is 18.8 Å². The minimum Gasteiger partial charge on any atom is -0.444 e. The van der Waals surface area contributed by atoms with E-state index in [0.29, 0.717) is 11.8 Å². The van der Waals surface area contributed by atoms with Crippen LogP contribution in [0.1, 0.15) is 26.3 Å². The van der Waals surface area contributed by atoms with Crippen LogP contribution in [0.4, 0.5) is 4.39 Å². The highest BCUT2D eigenvalue weighted by molar-refractivity contribution is 5.18. The van der Waals surface area contributed by atoms with Crippen LogP contribution < -0.4 is 4.74 Å². The zero-order chi connectivity index (χ0) is 10.6. The molecule has 78 valence electrons. The van der Waals surface area contributed by atoms with E-state index >= 15 is 0 Å². The third kappa shape index (κ3) is 3.73. The molecule has 0 bridgehead atoms. The molecule has 1 unspecified atom stereocenters. The van der Waals surface area contributed by atoms with Crippen LogP contribution in [0, 0.1) is 5.92 Å². The second-order valence-electron chi connectivity index (χ2n) is 3.76. The fraction of sp³-hybridized carbons (Fsp3) is 0.545. The largest absolute Gasteiger partial charge is 0.444 e. The number of hydrogen-bond donors (Lipinski definition) is 0. The van der Waals surface area contributed by atoms with Crippen LogP contribution in [-0.2, 0) is 6.42 Å². The zero-order valence-corrected chi connectivity index (χ0v) is 8.83. The van der Waals surface area contributed by atoms with Crippen molar-refractivity contribution >= 4 is 0 Å². The van der Waals surface area contributed by atoms with Crippen molar-refractivity contribution in [2.75, 3.05) is 0 Å². The van der Waals surface area contributed by atoms with Gasteiger partial charge in [-0.3, -0.25) is 0 Å². The summed E-state index contributed by atoms with van der Waals surface area (Å²) in [5.41, 5.74) is 1.15. The van der Waals surface area contributed by atoms with Crippen molar-refractivity contribution in [1.82, 2.24) is 4.98 Å². The lowest BCUT2D eigenvalue weighted by atomic mass is 10.1. The van der Waals surface area contributed by atoms with Crippen LogP contribution in [-0.4, -0.2) is 11.3 Å². The summed E-state index contributed by atoms with van der Waals surface area (Å²) in [6, 6.07) is 3.62. The third-order valence-electron chi connectivity index (χ3n) is 1.72. The van der Waals surface area contributed by atoms with Crippen LogP contribution in [0.5, 0.6) is 5.88 Å². The number of ether oxygens (including phenoxy) is 1. The van der Waals surface area contributed by atoms with E-state index < -0.39 is 6.36 Å². The number of halogens is 1. The molecule has 0 radical (unpaired) electrons. The van der Waals surface area contributed by atoms with Crippen molar-refractivity contribution in [3.05, 3.63) is 23.9 Å². The second kappa shape index (κ2) is 4.94. The summed E-state index contributed by atoms with van der Waals surface area (Å²) in [6.45, 7) is 5.63. The molecule has 0 amide bonds. The van der Waals surface area contributed by atoms with Crippen molar-refractivity contribution in [2.45, 2.75) is 33.5 Å². The quantitative estimate of drug-likeness (QED) is 0.740. The molecule has 0 aliphatic heterocycles. The first-order valence-electron chi connectivity index (χ1n) is 4.83. The monoisotopic (exact) mass is 197 g/mol. The van der Waals surface area contributed by atoms with Crippen LogP contribution in [0.2, 0.25) is 0 Å². The smallest absolute Gasteiger partial charge is 0.237 e. The fourth-order valence-electron chi connectivity index (χ4n) is 1.24.